The lowest BCUT2D eigenvalue weighted by Crippen LogP contribution is -2.11. The van der Waals surface area contributed by atoms with Gasteiger partial charge in [-0.25, -0.2) is 0 Å². The third kappa shape index (κ3) is 6.25. The maximum Gasteiger partial charge on any atom is 0.139 e. The number of rotatable bonds is 6. The molecule has 0 saturated carbocycles. The molecular weight excluding hydrogens is 867 g/mol. The van der Waals surface area contributed by atoms with Crippen LogP contribution in [0.15, 0.2) is 209 Å². The van der Waals surface area contributed by atoms with Crippen molar-refractivity contribution in [2.75, 3.05) is 9.80 Å². The summed E-state index contributed by atoms with van der Waals surface area (Å²) in [7, 11) is 0. The van der Waals surface area contributed by atoms with Crippen molar-refractivity contribution in [1.82, 2.24) is 4.40 Å². The van der Waals surface area contributed by atoms with Crippen LogP contribution >= 0.6 is 0 Å². The molecule has 5 heteroatoms. The van der Waals surface area contributed by atoms with Gasteiger partial charge in [0.15, 0.2) is 0 Å². The van der Waals surface area contributed by atoms with Gasteiger partial charge in [0.25, 0.3) is 0 Å². The molecule has 0 bridgehead atoms. The summed E-state index contributed by atoms with van der Waals surface area (Å²) in [6.07, 6.45) is 0. The summed E-state index contributed by atoms with van der Waals surface area (Å²) in [4.78, 5) is 4.77. The van der Waals surface area contributed by atoms with Crippen LogP contribution in [-0.4, -0.2) is 4.40 Å². The number of hydrogen-bond donors (Lipinski definition) is 0. The van der Waals surface area contributed by atoms with Crippen LogP contribution < -0.4 is 9.80 Å². The SMILES string of the molecule is CC(C)(C)c1cccc2c1oc1ccc(N(c3ccccc3)c3ccc4cc5c6ccc(N(c7ccccc7)c7ccc8oc9c(C(C)(C)C)cccc9c8c7)cc6n6c7ccccc7c(c4c3)c56)cc12. The quantitative estimate of drug-likeness (QED) is 0.167. The second-order valence-electron chi connectivity index (χ2n) is 21.4. The van der Waals surface area contributed by atoms with Crippen molar-refractivity contribution in [3.8, 4) is 0 Å². The molecule has 71 heavy (non-hydrogen) atoms. The van der Waals surface area contributed by atoms with Crippen LogP contribution in [0.2, 0.25) is 0 Å². The van der Waals surface area contributed by atoms with Gasteiger partial charge in [-0.3, -0.25) is 0 Å². The van der Waals surface area contributed by atoms with Gasteiger partial charge in [-0.2, -0.15) is 0 Å². The van der Waals surface area contributed by atoms with Crippen LogP contribution in [0, 0.1) is 0 Å². The van der Waals surface area contributed by atoms with E-state index in [1.54, 1.807) is 0 Å². The number of aromatic nitrogens is 1. The molecule has 0 N–H and O–H groups in total. The maximum absolute atomic E-state index is 6.63. The Morgan fingerprint density at radius 1 is 0.338 bits per heavy atom. The summed E-state index contributed by atoms with van der Waals surface area (Å²) in [5, 5.41) is 11.9. The lowest BCUT2D eigenvalue weighted by atomic mass is 9.86. The molecule has 0 aliphatic heterocycles. The molecule has 4 aromatic heterocycles. The monoisotopic (exact) mass is 917 g/mol. The van der Waals surface area contributed by atoms with E-state index in [1.165, 1.54) is 60.0 Å². The topological polar surface area (TPSA) is 37.2 Å². The van der Waals surface area contributed by atoms with Crippen LogP contribution in [0.1, 0.15) is 52.7 Å². The molecule has 0 spiro atoms. The Kier molecular flexibility index (Phi) is 8.74. The number of benzene rings is 10. The molecule has 0 radical (unpaired) electrons. The average Bonchev–Trinajstić information content (AvgIpc) is 4.13. The third-order valence-corrected chi connectivity index (χ3v) is 14.9. The summed E-state index contributed by atoms with van der Waals surface area (Å²) in [6, 6.07) is 73.1. The van der Waals surface area contributed by atoms with Gasteiger partial charge in [0, 0.05) is 88.3 Å². The van der Waals surface area contributed by atoms with Crippen LogP contribution in [0.4, 0.5) is 34.1 Å². The summed E-state index contributed by atoms with van der Waals surface area (Å²) in [5.74, 6) is 0. The van der Waals surface area contributed by atoms with E-state index >= 15 is 0 Å². The van der Waals surface area contributed by atoms with E-state index in [1.807, 2.05) is 0 Å². The number of anilines is 6. The molecule has 5 nitrogen and oxygen atoms in total. The Balaban J connectivity index is 0.966. The van der Waals surface area contributed by atoms with Crippen molar-refractivity contribution in [3.63, 3.8) is 0 Å². The molecule has 0 aliphatic rings. The zero-order valence-electron chi connectivity index (χ0n) is 40.7. The van der Waals surface area contributed by atoms with Gasteiger partial charge >= 0.3 is 0 Å². The highest BCUT2D eigenvalue weighted by atomic mass is 16.3. The predicted molar refractivity (Wildman–Crippen MR) is 300 cm³/mol. The molecule has 0 saturated heterocycles. The van der Waals surface area contributed by atoms with Crippen LogP contribution in [-0.2, 0) is 10.8 Å². The molecule has 14 aromatic rings. The predicted octanol–water partition coefficient (Wildman–Crippen LogP) is 19.3. The number of fused-ring (bicyclic) bond motifs is 14. The second kappa shape index (κ2) is 15.0. The zero-order valence-corrected chi connectivity index (χ0v) is 40.7. The molecule has 0 amide bonds. The second-order valence-corrected chi connectivity index (χ2v) is 21.4. The first-order chi connectivity index (χ1) is 34.5. The van der Waals surface area contributed by atoms with Gasteiger partial charge in [-0.1, -0.05) is 145 Å². The van der Waals surface area contributed by atoms with Crippen molar-refractivity contribution < 1.29 is 8.83 Å². The first kappa shape index (κ1) is 41.4. The molecule has 0 atom stereocenters. The normalized spacial score (nSPS) is 12.6. The number of nitrogens with zero attached hydrogens (tertiary/aromatic N) is 3. The van der Waals surface area contributed by atoms with Gasteiger partial charge in [-0.15, -0.1) is 0 Å². The average molecular weight is 918 g/mol. The largest absolute Gasteiger partial charge is 0.456 e. The Bertz CT molecular complexity index is 4230. The fourth-order valence-electron chi connectivity index (χ4n) is 11.6. The van der Waals surface area contributed by atoms with Gasteiger partial charge in [-0.05, 0) is 119 Å². The van der Waals surface area contributed by atoms with Gasteiger partial charge in [0.1, 0.15) is 22.3 Å². The van der Waals surface area contributed by atoms with Crippen molar-refractivity contribution in [3.05, 3.63) is 211 Å². The minimum absolute atomic E-state index is 0.0526. The van der Waals surface area contributed by atoms with Crippen LogP contribution in [0.3, 0.4) is 0 Å². The first-order valence-corrected chi connectivity index (χ1v) is 24.7. The Hall–Kier alpha value is -8.54. The third-order valence-electron chi connectivity index (χ3n) is 14.9. The van der Waals surface area contributed by atoms with E-state index in [0.29, 0.717) is 0 Å². The van der Waals surface area contributed by atoms with Crippen LogP contribution in [0.5, 0.6) is 0 Å². The van der Waals surface area contributed by atoms with Gasteiger partial charge in [0.2, 0.25) is 0 Å². The highest BCUT2D eigenvalue weighted by molar-refractivity contribution is 6.32. The molecule has 342 valence electrons. The number of furan rings is 2. The Labute approximate surface area is 411 Å². The summed E-state index contributed by atoms with van der Waals surface area (Å²) in [6.45, 7) is 13.5. The molecule has 0 aliphatic carbocycles. The van der Waals surface area contributed by atoms with Gasteiger partial charge < -0.3 is 23.0 Å². The standard InChI is InChI=1S/C66H51N3O2/c1-65(2,3)55-24-15-22-48-52-37-44(30-33-59(52)70-63(48)55)67(41-17-9-7-10-18-41)43-28-27-40-35-54-47-32-29-46(39-58(47)69-57-26-14-13-21-50(57)61(62(54)69)51(40)36-43)68(42-19-11-8-12-20-42)45-31-34-60-53(38-45)49-23-16-25-56(64(49)71-60)66(4,5)6/h7-39H,1-6H3. The highest BCUT2D eigenvalue weighted by Gasteiger charge is 2.26. The van der Waals surface area contributed by atoms with E-state index in [2.05, 4.69) is 256 Å². The maximum atomic E-state index is 6.63. The van der Waals surface area contributed by atoms with E-state index in [4.69, 9.17) is 8.83 Å². The molecule has 4 heterocycles. The van der Waals surface area contributed by atoms with Crippen molar-refractivity contribution in [2.45, 2.75) is 52.4 Å². The summed E-state index contributed by atoms with van der Waals surface area (Å²) >= 11 is 0. The smallest absolute Gasteiger partial charge is 0.139 e. The van der Waals surface area contributed by atoms with E-state index in [9.17, 15) is 0 Å². The minimum atomic E-state index is -0.0530. The van der Waals surface area contributed by atoms with E-state index in [0.717, 1.165) is 78.0 Å². The van der Waals surface area contributed by atoms with Crippen LogP contribution in [0.25, 0.3) is 92.7 Å². The highest BCUT2D eigenvalue weighted by Crippen LogP contribution is 2.48. The fraction of sp³-hybridized carbons (Fsp3) is 0.121. The van der Waals surface area contributed by atoms with Gasteiger partial charge in [0.05, 0.1) is 16.6 Å². The summed E-state index contributed by atoms with van der Waals surface area (Å²) in [5.41, 5.74) is 16.1. The minimum Gasteiger partial charge on any atom is -0.456 e. The van der Waals surface area contributed by atoms with Crippen molar-refractivity contribution in [2.24, 2.45) is 0 Å². The molecule has 14 rings (SSSR count). The molecule has 10 aromatic carbocycles. The lowest BCUT2D eigenvalue weighted by Gasteiger charge is -2.26. The lowest BCUT2D eigenvalue weighted by molar-refractivity contribution is 0.572. The molecule has 0 fully saturated rings. The van der Waals surface area contributed by atoms with Crippen molar-refractivity contribution >= 4 is 127 Å². The number of para-hydroxylation sites is 5. The van der Waals surface area contributed by atoms with E-state index < -0.39 is 0 Å². The molecule has 0 unspecified atom stereocenters. The number of hydrogen-bond acceptors (Lipinski definition) is 4. The first-order valence-electron chi connectivity index (χ1n) is 24.7. The molecular formula is C66H51N3O2. The Morgan fingerprint density at radius 2 is 0.817 bits per heavy atom. The van der Waals surface area contributed by atoms with Crippen molar-refractivity contribution in [1.29, 1.82) is 0 Å². The van der Waals surface area contributed by atoms with E-state index in [-0.39, 0.29) is 10.8 Å². The fourth-order valence-corrected chi connectivity index (χ4v) is 11.6. The Morgan fingerprint density at radius 3 is 1.38 bits per heavy atom. The zero-order chi connectivity index (χ0) is 47.9. The summed E-state index contributed by atoms with van der Waals surface area (Å²) < 4.78 is 15.8.